The Morgan fingerprint density at radius 3 is 2.59 bits per heavy atom. The number of carbonyl (C=O) groups is 1. The minimum absolute atomic E-state index is 0.147. The maximum atomic E-state index is 12.6. The zero-order valence-corrected chi connectivity index (χ0v) is 16.5. The maximum Gasteiger partial charge on any atom is 0.255 e. The third kappa shape index (κ3) is 4.01. The average molecular weight is 386 g/mol. The Bertz CT molecular complexity index is 1120. The molecule has 1 aromatic heterocycles. The number of aromatic nitrogens is 2. The summed E-state index contributed by atoms with van der Waals surface area (Å²) in [6.45, 7) is 5.23. The quantitative estimate of drug-likeness (QED) is 0.705. The van der Waals surface area contributed by atoms with Crippen LogP contribution in [0.1, 0.15) is 29.8 Å². The minimum Gasteiger partial charge on any atom is -0.334 e. The average Bonchev–Trinajstić information content (AvgIpc) is 2.96. The van der Waals surface area contributed by atoms with Gasteiger partial charge in [-0.05, 0) is 56.7 Å². The molecular formula is C19H22N4O3S. The van der Waals surface area contributed by atoms with Crippen LogP contribution in [0.25, 0.3) is 11.0 Å². The van der Waals surface area contributed by atoms with Gasteiger partial charge in [0.2, 0.25) is 10.0 Å². The molecule has 142 valence electrons. The normalized spacial score (nSPS) is 11.9. The van der Waals surface area contributed by atoms with Crippen LogP contribution in [0.15, 0.2) is 47.6 Å². The van der Waals surface area contributed by atoms with E-state index in [1.54, 1.807) is 51.4 Å². The van der Waals surface area contributed by atoms with E-state index in [0.29, 0.717) is 16.8 Å². The lowest BCUT2D eigenvalue weighted by molar-refractivity contribution is 0.102. The van der Waals surface area contributed by atoms with Crippen LogP contribution in [0.4, 0.5) is 5.69 Å². The highest BCUT2D eigenvalue weighted by Crippen LogP contribution is 2.22. The first-order valence-corrected chi connectivity index (χ1v) is 10.0. The van der Waals surface area contributed by atoms with Crippen molar-refractivity contribution in [1.82, 2.24) is 14.3 Å². The molecule has 0 aliphatic rings. The van der Waals surface area contributed by atoms with Gasteiger partial charge in [-0.15, -0.1) is 0 Å². The standard InChI is InChI=1S/C19H22N4O3S/c1-12(2)22-27(25,26)18-10-15(7-5-13(18)3)21-19(24)14-6-8-17-16(9-14)20-11-23(17)4/h5-12,22H,1-4H3,(H,21,24). The molecule has 0 fully saturated rings. The zero-order valence-electron chi connectivity index (χ0n) is 15.6. The lowest BCUT2D eigenvalue weighted by atomic mass is 10.1. The number of hydrogen-bond donors (Lipinski definition) is 2. The summed E-state index contributed by atoms with van der Waals surface area (Å²) in [5.41, 5.74) is 3.12. The minimum atomic E-state index is -3.65. The number of fused-ring (bicyclic) bond motifs is 1. The van der Waals surface area contributed by atoms with E-state index in [1.165, 1.54) is 6.07 Å². The summed E-state index contributed by atoms with van der Waals surface area (Å²) in [5.74, 6) is -0.327. The largest absolute Gasteiger partial charge is 0.334 e. The predicted octanol–water partition coefficient (Wildman–Crippen LogP) is 2.82. The molecule has 3 rings (SSSR count). The van der Waals surface area contributed by atoms with E-state index in [2.05, 4.69) is 15.0 Å². The third-order valence-corrected chi connectivity index (χ3v) is 5.91. The summed E-state index contributed by atoms with van der Waals surface area (Å²) in [6, 6.07) is 9.85. The van der Waals surface area contributed by atoms with Gasteiger partial charge in [-0.25, -0.2) is 18.1 Å². The molecule has 0 radical (unpaired) electrons. The van der Waals surface area contributed by atoms with Crippen LogP contribution in [0.3, 0.4) is 0 Å². The molecule has 1 heterocycles. The number of anilines is 1. The van der Waals surface area contributed by atoms with Gasteiger partial charge < -0.3 is 9.88 Å². The Hall–Kier alpha value is -2.71. The SMILES string of the molecule is Cc1ccc(NC(=O)c2ccc3c(c2)ncn3C)cc1S(=O)(=O)NC(C)C. The van der Waals surface area contributed by atoms with E-state index in [0.717, 1.165) is 11.0 Å². The Morgan fingerprint density at radius 2 is 1.89 bits per heavy atom. The van der Waals surface area contributed by atoms with Crippen molar-refractivity contribution in [2.75, 3.05) is 5.32 Å². The first kappa shape index (κ1) is 19.1. The second-order valence-corrected chi connectivity index (χ2v) is 8.45. The smallest absolute Gasteiger partial charge is 0.255 e. The van der Waals surface area contributed by atoms with Gasteiger partial charge in [0, 0.05) is 24.3 Å². The summed E-state index contributed by atoms with van der Waals surface area (Å²) in [6.07, 6.45) is 1.69. The van der Waals surface area contributed by atoms with Gasteiger partial charge >= 0.3 is 0 Å². The molecule has 0 bridgehead atoms. The van der Waals surface area contributed by atoms with Gasteiger partial charge in [-0.3, -0.25) is 4.79 Å². The predicted molar refractivity (Wildman–Crippen MR) is 105 cm³/mol. The third-order valence-electron chi connectivity index (χ3n) is 4.11. The molecule has 1 amide bonds. The number of rotatable bonds is 5. The molecule has 8 heteroatoms. The van der Waals surface area contributed by atoms with E-state index in [4.69, 9.17) is 0 Å². The Labute approximate surface area is 158 Å². The fraction of sp³-hybridized carbons (Fsp3) is 0.263. The van der Waals surface area contributed by atoms with E-state index in [1.807, 2.05) is 17.7 Å². The molecule has 3 aromatic rings. The van der Waals surface area contributed by atoms with Crippen molar-refractivity contribution >= 4 is 32.7 Å². The van der Waals surface area contributed by atoms with Crippen molar-refractivity contribution in [3.8, 4) is 0 Å². The van der Waals surface area contributed by atoms with Crippen molar-refractivity contribution in [2.45, 2.75) is 31.7 Å². The van der Waals surface area contributed by atoms with Crippen LogP contribution >= 0.6 is 0 Å². The Balaban J connectivity index is 1.88. The van der Waals surface area contributed by atoms with Gasteiger partial charge in [-0.1, -0.05) is 6.07 Å². The number of nitrogens with zero attached hydrogens (tertiary/aromatic N) is 2. The van der Waals surface area contributed by atoms with Crippen molar-refractivity contribution < 1.29 is 13.2 Å². The molecule has 0 unspecified atom stereocenters. The first-order valence-electron chi connectivity index (χ1n) is 8.53. The number of carbonyl (C=O) groups excluding carboxylic acids is 1. The monoisotopic (exact) mass is 386 g/mol. The number of imidazole rings is 1. The van der Waals surface area contributed by atoms with Gasteiger partial charge in [0.1, 0.15) is 0 Å². The highest BCUT2D eigenvalue weighted by molar-refractivity contribution is 7.89. The fourth-order valence-corrected chi connectivity index (χ4v) is 4.34. The van der Waals surface area contributed by atoms with E-state index >= 15 is 0 Å². The molecule has 0 aliphatic carbocycles. The van der Waals surface area contributed by atoms with Crippen molar-refractivity contribution in [3.63, 3.8) is 0 Å². The number of amides is 1. The van der Waals surface area contributed by atoms with Crippen LogP contribution in [0, 0.1) is 6.92 Å². The lowest BCUT2D eigenvalue weighted by Gasteiger charge is -2.13. The van der Waals surface area contributed by atoms with Crippen LogP contribution in [0.5, 0.6) is 0 Å². The number of hydrogen-bond acceptors (Lipinski definition) is 4. The summed E-state index contributed by atoms with van der Waals surface area (Å²) >= 11 is 0. The topological polar surface area (TPSA) is 93.1 Å². The molecule has 0 saturated carbocycles. The lowest BCUT2D eigenvalue weighted by Crippen LogP contribution is -2.30. The van der Waals surface area contributed by atoms with Crippen molar-refractivity contribution in [1.29, 1.82) is 0 Å². The Kier molecular flexibility index (Phi) is 5.03. The number of aryl methyl sites for hydroxylation is 2. The number of benzene rings is 2. The van der Waals surface area contributed by atoms with Crippen LogP contribution in [-0.4, -0.2) is 29.9 Å². The van der Waals surface area contributed by atoms with Crippen molar-refractivity contribution in [2.24, 2.45) is 7.05 Å². The van der Waals surface area contributed by atoms with Gasteiger partial charge in [0.15, 0.2) is 0 Å². The second-order valence-electron chi connectivity index (χ2n) is 6.77. The number of sulfonamides is 1. The van der Waals surface area contributed by atoms with Crippen LogP contribution < -0.4 is 10.0 Å². The number of nitrogens with one attached hydrogen (secondary N) is 2. The molecule has 0 saturated heterocycles. The second kappa shape index (κ2) is 7.13. The fourth-order valence-electron chi connectivity index (χ4n) is 2.82. The van der Waals surface area contributed by atoms with Crippen molar-refractivity contribution in [3.05, 3.63) is 53.9 Å². The molecule has 0 aliphatic heterocycles. The van der Waals surface area contributed by atoms with Crippen LogP contribution in [0.2, 0.25) is 0 Å². The van der Waals surface area contributed by atoms with E-state index in [9.17, 15) is 13.2 Å². The summed E-state index contributed by atoms with van der Waals surface area (Å²) in [7, 11) is -1.77. The highest BCUT2D eigenvalue weighted by Gasteiger charge is 2.19. The van der Waals surface area contributed by atoms with Gasteiger partial charge in [0.25, 0.3) is 5.91 Å². The maximum absolute atomic E-state index is 12.6. The molecule has 0 atom stereocenters. The molecular weight excluding hydrogens is 364 g/mol. The van der Waals surface area contributed by atoms with Crippen LogP contribution in [-0.2, 0) is 17.1 Å². The summed E-state index contributed by atoms with van der Waals surface area (Å²) in [5, 5.41) is 2.76. The van der Waals surface area contributed by atoms with E-state index in [-0.39, 0.29) is 16.8 Å². The summed E-state index contributed by atoms with van der Waals surface area (Å²) < 4.78 is 29.4. The van der Waals surface area contributed by atoms with Gasteiger partial charge in [0.05, 0.1) is 22.3 Å². The summed E-state index contributed by atoms with van der Waals surface area (Å²) in [4.78, 5) is 17.0. The molecule has 7 nitrogen and oxygen atoms in total. The first-order chi connectivity index (χ1) is 12.7. The zero-order chi connectivity index (χ0) is 19.8. The van der Waals surface area contributed by atoms with Gasteiger partial charge in [-0.2, -0.15) is 0 Å². The Morgan fingerprint density at radius 1 is 1.15 bits per heavy atom. The highest BCUT2D eigenvalue weighted by atomic mass is 32.2. The molecule has 2 N–H and O–H groups in total. The molecule has 2 aromatic carbocycles. The van der Waals surface area contributed by atoms with E-state index < -0.39 is 10.0 Å². The molecule has 27 heavy (non-hydrogen) atoms. The molecule has 0 spiro atoms.